The van der Waals surface area contributed by atoms with Gasteiger partial charge in [0.05, 0.1) is 6.20 Å². The molecule has 0 saturated carbocycles. The molecule has 96 valence electrons. The molecule has 18 heavy (non-hydrogen) atoms. The molecular weight excluding hydrogens is 230 g/mol. The number of nitrogens with two attached hydrogens (primary N) is 1. The van der Waals surface area contributed by atoms with Crippen LogP contribution in [0.2, 0.25) is 0 Å². The van der Waals surface area contributed by atoms with E-state index in [4.69, 9.17) is 5.73 Å². The summed E-state index contributed by atoms with van der Waals surface area (Å²) in [5, 5.41) is 9.25. The molecule has 0 radical (unpaired) electrons. The van der Waals surface area contributed by atoms with Crippen LogP contribution in [0.4, 0.5) is 5.82 Å². The van der Waals surface area contributed by atoms with E-state index in [2.05, 4.69) is 15.5 Å². The van der Waals surface area contributed by atoms with Crippen LogP contribution in [0.25, 0.3) is 0 Å². The molecule has 1 amide bonds. The monoisotopic (exact) mass is 247 g/mol. The Balaban J connectivity index is 2.04. The summed E-state index contributed by atoms with van der Waals surface area (Å²) in [6.07, 6.45) is 3.50. The predicted molar refractivity (Wildman–Crippen MR) is 69.0 cm³/mol. The lowest BCUT2D eigenvalue weighted by molar-refractivity contribution is 0.0940. The van der Waals surface area contributed by atoms with Gasteiger partial charge in [-0.15, -0.1) is 0 Å². The van der Waals surface area contributed by atoms with Gasteiger partial charge in [-0.3, -0.25) is 9.89 Å². The molecule has 0 aromatic carbocycles. The van der Waals surface area contributed by atoms with Crippen LogP contribution >= 0.6 is 0 Å². The Bertz CT molecular complexity index is 540. The highest BCUT2D eigenvalue weighted by molar-refractivity contribution is 5.92. The van der Waals surface area contributed by atoms with Crippen LogP contribution in [-0.4, -0.2) is 20.7 Å². The maximum absolute atomic E-state index is 12.0. The second kappa shape index (κ2) is 4.95. The van der Waals surface area contributed by atoms with Gasteiger partial charge in [0.25, 0.3) is 5.91 Å². The van der Waals surface area contributed by atoms with Gasteiger partial charge in [-0.1, -0.05) is 0 Å². The number of rotatable bonds is 4. The second-order valence-corrected chi connectivity index (χ2v) is 4.39. The lowest BCUT2D eigenvalue weighted by atomic mass is 10.3. The molecule has 0 aliphatic carbocycles. The molecule has 0 fully saturated rings. The maximum atomic E-state index is 12.0. The smallest absolute Gasteiger partial charge is 0.268 e. The van der Waals surface area contributed by atoms with E-state index in [1.807, 2.05) is 30.7 Å². The fourth-order valence-corrected chi connectivity index (χ4v) is 1.76. The Hall–Kier alpha value is -2.24. The third kappa shape index (κ3) is 2.37. The minimum atomic E-state index is -0.116. The molecule has 4 N–H and O–H groups in total. The molecule has 2 rings (SSSR count). The number of carbonyl (C=O) groups excluding carboxylic acids is 1. The van der Waals surface area contributed by atoms with E-state index < -0.39 is 0 Å². The zero-order valence-corrected chi connectivity index (χ0v) is 10.5. The molecule has 0 aliphatic rings. The van der Waals surface area contributed by atoms with Crippen molar-refractivity contribution in [3.63, 3.8) is 0 Å². The van der Waals surface area contributed by atoms with Gasteiger partial charge < -0.3 is 15.6 Å². The highest BCUT2D eigenvalue weighted by Crippen LogP contribution is 2.11. The van der Waals surface area contributed by atoms with Crippen LogP contribution in [0.3, 0.4) is 0 Å². The fourth-order valence-electron chi connectivity index (χ4n) is 1.76. The Kier molecular flexibility index (Phi) is 3.36. The number of hydrogen-bond acceptors (Lipinski definition) is 3. The minimum absolute atomic E-state index is 0.116. The first kappa shape index (κ1) is 12.2. The Labute approximate surface area is 105 Å². The van der Waals surface area contributed by atoms with E-state index in [0.29, 0.717) is 18.1 Å². The summed E-state index contributed by atoms with van der Waals surface area (Å²) in [5.74, 6) is 0.365. The number of aromatic amines is 1. The molecule has 0 aliphatic heterocycles. The summed E-state index contributed by atoms with van der Waals surface area (Å²) in [7, 11) is 0. The maximum Gasteiger partial charge on any atom is 0.268 e. The molecule has 0 atom stereocenters. The molecular formula is C12H17N5O. The number of amides is 1. The zero-order chi connectivity index (χ0) is 13.1. The van der Waals surface area contributed by atoms with E-state index in [1.54, 1.807) is 12.3 Å². The summed E-state index contributed by atoms with van der Waals surface area (Å²) >= 11 is 0. The molecule has 0 bridgehead atoms. The number of aromatic nitrogens is 3. The van der Waals surface area contributed by atoms with E-state index >= 15 is 0 Å². The lowest BCUT2D eigenvalue weighted by Gasteiger charge is -2.12. The standard InChI is InChI=1S/C12H17N5O/c1-8(2)17-5-3-4-10(17)12(18)14-6-9-7-15-16-11(9)13/h3-5,7-8H,6H2,1-2H3,(H,14,18)(H3,13,15,16). The predicted octanol–water partition coefficient (Wildman–Crippen LogP) is 1.30. The van der Waals surface area contributed by atoms with E-state index in [-0.39, 0.29) is 11.9 Å². The van der Waals surface area contributed by atoms with Gasteiger partial charge in [0.1, 0.15) is 11.5 Å². The minimum Gasteiger partial charge on any atom is -0.384 e. The number of H-pyrrole nitrogens is 1. The van der Waals surface area contributed by atoms with Gasteiger partial charge in [0.2, 0.25) is 0 Å². The number of nitrogens with zero attached hydrogens (tertiary/aromatic N) is 2. The molecule has 6 heteroatoms. The number of anilines is 1. The normalized spacial score (nSPS) is 10.8. The summed E-state index contributed by atoms with van der Waals surface area (Å²) < 4.78 is 1.92. The van der Waals surface area contributed by atoms with Crippen molar-refractivity contribution in [1.82, 2.24) is 20.1 Å². The molecule has 0 spiro atoms. The highest BCUT2D eigenvalue weighted by atomic mass is 16.1. The number of hydrogen-bond donors (Lipinski definition) is 3. The number of carbonyl (C=O) groups is 1. The molecule has 0 unspecified atom stereocenters. The van der Waals surface area contributed by atoms with Crippen molar-refractivity contribution < 1.29 is 4.79 Å². The van der Waals surface area contributed by atoms with E-state index in [1.165, 1.54) is 0 Å². The van der Waals surface area contributed by atoms with Crippen LogP contribution < -0.4 is 11.1 Å². The summed E-state index contributed by atoms with van der Waals surface area (Å²) in [6, 6.07) is 3.91. The van der Waals surface area contributed by atoms with Crippen LogP contribution in [-0.2, 0) is 6.54 Å². The molecule has 6 nitrogen and oxygen atoms in total. The third-order valence-corrected chi connectivity index (χ3v) is 2.76. The lowest BCUT2D eigenvalue weighted by Crippen LogP contribution is -2.26. The van der Waals surface area contributed by atoms with Gasteiger partial charge >= 0.3 is 0 Å². The largest absolute Gasteiger partial charge is 0.384 e. The molecule has 2 aromatic rings. The molecule has 2 heterocycles. The van der Waals surface area contributed by atoms with E-state index in [9.17, 15) is 4.79 Å². The number of nitrogens with one attached hydrogen (secondary N) is 2. The van der Waals surface area contributed by atoms with Gasteiger partial charge in [-0.25, -0.2) is 0 Å². The van der Waals surface area contributed by atoms with Crippen molar-refractivity contribution in [3.05, 3.63) is 35.8 Å². The van der Waals surface area contributed by atoms with Crippen LogP contribution in [0.1, 0.15) is 35.9 Å². The second-order valence-electron chi connectivity index (χ2n) is 4.39. The topological polar surface area (TPSA) is 88.7 Å². The van der Waals surface area contributed by atoms with Gasteiger partial charge in [-0.2, -0.15) is 5.10 Å². The van der Waals surface area contributed by atoms with Crippen molar-refractivity contribution in [2.45, 2.75) is 26.4 Å². The first-order chi connectivity index (χ1) is 8.59. The SMILES string of the molecule is CC(C)n1cccc1C(=O)NCc1cn[nH]c1N. The Morgan fingerprint density at radius 2 is 2.39 bits per heavy atom. The quantitative estimate of drug-likeness (QED) is 0.761. The fraction of sp³-hybridized carbons (Fsp3) is 0.333. The van der Waals surface area contributed by atoms with Crippen LogP contribution in [0.15, 0.2) is 24.5 Å². The first-order valence-corrected chi connectivity index (χ1v) is 5.82. The number of nitrogen functional groups attached to an aromatic ring is 1. The van der Waals surface area contributed by atoms with E-state index in [0.717, 1.165) is 5.56 Å². The first-order valence-electron chi connectivity index (χ1n) is 5.82. The van der Waals surface area contributed by atoms with Crippen molar-refractivity contribution in [3.8, 4) is 0 Å². The van der Waals surface area contributed by atoms with Crippen molar-refractivity contribution in [2.24, 2.45) is 0 Å². The van der Waals surface area contributed by atoms with Gasteiger partial charge in [0, 0.05) is 24.3 Å². The van der Waals surface area contributed by atoms with Crippen LogP contribution in [0.5, 0.6) is 0 Å². The Morgan fingerprint density at radius 3 is 3.00 bits per heavy atom. The van der Waals surface area contributed by atoms with Crippen molar-refractivity contribution in [1.29, 1.82) is 0 Å². The average molecular weight is 247 g/mol. The third-order valence-electron chi connectivity index (χ3n) is 2.76. The van der Waals surface area contributed by atoms with Crippen LogP contribution in [0, 0.1) is 0 Å². The van der Waals surface area contributed by atoms with Gasteiger partial charge in [-0.05, 0) is 26.0 Å². The summed E-state index contributed by atoms with van der Waals surface area (Å²) in [5.41, 5.74) is 7.08. The van der Waals surface area contributed by atoms with Gasteiger partial charge in [0.15, 0.2) is 0 Å². The van der Waals surface area contributed by atoms with Crippen molar-refractivity contribution >= 4 is 11.7 Å². The van der Waals surface area contributed by atoms with Crippen molar-refractivity contribution in [2.75, 3.05) is 5.73 Å². The highest BCUT2D eigenvalue weighted by Gasteiger charge is 2.12. The molecule has 0 saturated heterocycles. The summed E-state index contributed by atoms with van der Waals surface area (Å²) in [4.78, 5) is 12.0. The molecule has 2 aromatic heterocycles. The summed E-state index contributed by atoms with van der Waals surface area (Å²) in [6.45, 7) is 4.43. The average Bonchev–Trinajstić information content (AvgIpc) is 2.94. The Morgan fingerprint density at radius 1 is 1.61 bits per heavy atom. The zero-order valence-electron chi connectivity index (χ0n) is 10.5.